The number of carbonyl (C=O) groups excluding carboxylic acids is 2. The van der Waals surface area contributed by atoms with Crippen molar-refractivity contribution >= 4 is 46.1 Å². The lowest BCUT2D eigenvalue weighted by atomic mass is 10.1. The minimum Gasteiger partial charge on any atom is -0.355 e. The third kappa shape index (κ3) is 4.25. The molecule has 2 aromatic heterocycles. The first-order valence-electron chi connectivity index (χ1n) is 7.37. The molecule has 3 aromatic rings. The van der Waals surface area contributed by atoms with Crippen LogP contribution in [0.15, 0.2) is 41.8 Å². The number of nitrogens with zero attached hydrogens (tertiary/aromatic N) is 1. The predicted molar refractivity (Wildman–Crippen MR) is 101 cm³/mol. The van der Waals surface area contributed by atoms with Gasteiger partial charge in [0.1, 0.15) is 10.7 Å². The molecule has 0 aliphatic heterocycles. The third-order valence-electron chi connectivity index (χ3n) is 3.39. The molecule has 2 amide bonds. The number of halogens is 1. The number of benzene rings is 1. The number of rotatable bonds is 5. The molecule has 5 nitrogen and oxygen atoms in total. The molecule has 8 heteroatoms. The lowest BCUT2D eigenvalue weighted by Crippen LogP contribution is -2.23. The van der Waals surface area contributed by atoms with Gasteiger partial charge in [0, 0.05) is 24.5 Å². The van der Waals surface area contributed by atoms with Crippen molar-refractivity contribution in [1.82, 2.24) is 15.6 Å². The van der Waals surface area contributed by atoms with E-state index in [2.05, 4.69) is 15.6 Å². The van der Waals surface area contributed by atoms with Crippen LogP contribution >= 0.6 is 34.3 Å². The summed E-state index contributed by atoms with van der Waals surface area (Å²) in [6.07, 6.45) is 0. The molecule has 1 aromatic carbocycles. The molecule has 3 rings (SSSR count). The van der Waals surface area contributed by atoms with Gasteiger partial charge in [0.15, 0.2) is 0 Å². The van der Waals surface area contributed by atoms with E-state index in [0.29, 0.717) is 22.1 Å². The van der Waals surface area contributed by atoms with Gasteiger partial charge in [-0.3, -0.25) is 9.59 Å². The fourth-order valence-corrected chi connectivity index (χ4v) is 4.08. The molecular formula is C17H14ClN3O2S2. The van der Waals surface area contributed by atoms with Crippen LogP contribution in [0.25, 0.3) is 9.88 Å². The molecule has 0 bridgehead atoms. The minimum atomic E-state index is -0.254. The Kier molecular flexibility index (Phi) is 5.47. The van der Waals surface area contributed by atoms with Gasteiger partial charge >= 0.3 is 0 Å². The lowest BCUT2D eigenvalue weighted by molar-refractivity contribution is 0.0945. The van der Waals surface area contributed by atoms with Crippen LogP contribution in [0.5, 0.6) is 0 Å². The van der Waals surface area contributed by atoms with E-state index in [9.17, 15) is 9.59 Å². The maximum atomic E-state index is 12.3. The zero-order valence-corrected chi connectivity index (χ0v) is 15.6. The van der Waals surface area contributed by atoms with Gasteiger partial charge in [0.05, 0.1) is 9.21 Å². The smallest absolute Gasteiger partial charge is 0.271 e. The van der Waals surface area contributed by atoms with Gasteiger partial charge in [-0.25, -0.2) is 4.98 Å². The Morgan fingerprint density at radius 2 is 2.04 bits per heavy atom. The molecule has 0 radical (unpaired) electrons. The summed E-state index contributed by atoms with van der Waals surface area (Å²) < 4.78 is 0.687. The summed E-state index contributed by atoms with van der Waals surface area (Å²) in [6.45, 7) is 0.321. The van der Waals surface area contributed by atoms with Crippen LogP contribution in [-0.4, -0.2) is 23.8 Å². The van der Waals surface area contributed by atoms with Crippen LogP contribution in [0.2, 0.25) is 4.34 Å². The van der Waals surface area contributed by atoms with Gasteiger partial charge in [0.2, 0.25) is 0 Å². The van der Waals surface area contributed by atoms with Crippen LogP contribution in [0.4, 0.5) is 0 Å². The van der Waals surface area contributed by atoms with E-state index < -0.39 is 0 Å². The quantitative estimate of drug-likeness (QED) is 0.694. The van der Waals surface area contributed by atoms with Crippen molar-refractivity contribution in [2.45, 2.75) is 6.54 Å². The SMILES string of the molecule is CNC(=O)c1cccc(CNC(=O)c2csc(-c3ccc(Cl)s3)n2)c1. The Morgan fingerprint density at radius 1 is 1.20 bits per heavy atom. The number of nitrogens with one attached hydrogen (secondary N) is 2. The largest absolute Gasteiger partial charge is 0.355 e. The van der Waals surface area contributed by atoms with E-state index in [1.54, 1.807) is 30.6 Å². The highest BCUT2D eigenvalue weighted by atomic mass is 35.5. The van der Waals surface area contributed by atoms with Crippen LogP contribution in [0, 0.1) is 0 Å². The average Bonchev–Trinajstić information content (AvgIpc) is 3.28. The summed E-state index contributed by atoms with van der Waals surface area (Å²) in [5, 5.41) is 7.88. The van der Waals surface area contributed by atoms with Crippen molar-refractivity contribution in [2.75, 3.05) is 7.05 Å². The molecule has 0 atom stereocenters. The maximum absolute atomic E-state index is 12.3. The van der Waals surface area contributed by atoms with E-state index in [1.165, 1.54) is 22.7 Å². The number of amides is 2. The molecule has 0 aliphatic rings. The number of hydrogen-bond donors (Lipinski definition) is 2. The zero-order valence-electron chi connectivity index (χ0n) is 13.2. The number of aromatic nitrogens is 1. The van der Waals surface area contributed by atoms with Gasteiger partial charge in [0.25, 0.3) is 11.8 Å². The summed E-state index contributed by atoms with van der Waals surface area (Å²) in [5.41, 5.74) is 1.77. The fourth-order valence-electron chi connectivity index (χ4n) is 2.16. The van der Waals surface area contributed by atoms with Crippen molar-refractivity contribution < 1.29 is 9.59 Å². The van der Waals surface area contributed by atoms with Crippen molar-refractivity contribution in [3.63, 3.8) is 0 Å². The summed E-state index contributed by atoms with van der Waals surface area (Å²) >= 11 is 8.76. The molecule has 0 saturated heterocycles. The topological polar surface area (TPSA) is 71.1 Å². The average molecular weight is 392 g/mol. The molecular weight excluding hydrogens is 378 g/mol. The van der Waals surface area contributed by atoms with Crippen LogP contribution < -0.4 is 10.6 Å². The van der Waals surface area contributed by atoms with Crippen LogP contribution in [0.3, 0.4) is 0 Å². The number of carbonyl (C=O) groups is 2. The molecule has 128 valence electrons. The first-order valence-corrected chi connectivity index (χ1v) is 9.44. The molecule has 0 fully saturated rings. The highest BCUT2D eigenvalue weighted by Gasteiger charge is 2.13. The Hall–Kier alpha value is -2.22. The number of thiophene rings is 1. The normalized spacial score (nSPS) is 10.5. The van der Waals surface area contributed by atoms with Crippen LogP contribution in [0.1, 0.15) is 26.4 Å². The van der Waals surface area contributed by atoms with Gasteiger partial charge < -0.3 is 10.6 Å². The molecule has 2 heterocycles. The molecule has 0 spiro atoms. The van der Waals surface area contributed by atoms with Gasteiger partial charge in [-0.1, -0.05) is 23.7 Å². The molecule has 2 N–H and O–H groups in total. The van der Waals surface area contributed by atoms with Crippen molar-refractivity contribution in [2.24, 2.45) is 0 Å². The van der Waals surface area contributed by atoms with E-state index >= 15 is 0 Å². The number of thiazole rings is 1. The summed E-state index contributed by atoms with van der Waals surface area (Å²) in [7, 11) is 1.58. The van der Waals surface area contributed by atoms with Gasteiger partial charge in [-0.2, -0.15) is 0 Å². The fraction of sp³-hybridized carbons (Fsp3) is 0.118. The monoisotopic (exact) mass is 391 g/mol. The van der Waals surface area contributed by atoms with Crippen molar-refractivity contribution in [3.05, 3.63) is 62.9 Å². The van der Waals surface area contributed by atoms with Crippen molar-refractivity contribution in [3.8, 4) is 9.88 Å². The standard InChI is InChI=1S/C17H14ClN3O2S2/c1-19-15(22)11-4-2-3-10(7-11)8-20-16(23)12-9-24-17(21-12)13-5-6-14(18)25-13/h2-7,9H,8H2,1H3,(H,19,22)(H,20,23). The second-order valence-electron chi connectivity index (χ2n) is 5.10. The molecule has 0 unspecified atom stereocenters. The van der Waals surface area contributed by atoms with Crippen LogP contribution in [-0.2, 0) is 6.54 Å². The molecule has 0 saturated carbocycles. The summed E-state index contributed by atoms with van der Waals surface area (Å²) in [4.78, 5) is 29.2. The Morgan fingerprint density at radius 3 is 2.76 bits per heavy atom. The first-order chi connectivity index (χ1) is 12.1. The second kappa shape index (κ2) is 7.77. The summed E-state index contributed by atoms with van der Waals surface area (Å²) in [5.74, 6) is -0.414. The third-order valence-corrected chi connectivity index (χ3v) is 5.63. The maximum Gasteiger partial charge on any atom is 0.271 e. The Bertz CT molecular complexity index is 920. The number of hydrogen-bond acceptors (Lipinski definition) is 5. The highest BCUT2D eigenvalue weighted by molar-refractivity contribution is 7.23. The van der Waals surface area contributed by atoms with E-state index in [4.69, 9.17) is 11.6 Å². The highest BCUT2D eigenvalue weighted by Crippen LogP contribution is 2.32. The molecule has 0 aliphatic carbocycles. The van der Waals surface area contributed by atoms with Gasteiger partial charge in [-0.05, 0) is 29.8 Å². The Labute approximate surface area is 157 Å². The predicted octanol–water partition coefficient (Wildman–Crippen LogP) is 3.81. The van der Waals surface area contributed by atoms with E-state index in [-0.39, 0.29) is 11.8 Å². The minimum absolute atomic E-state index is 0.160. The first kappa shape index (κ1) is 17.6. The van der Waals surface area contributed by atoms with Gasteiger partial charge in [-0.15, -0.1) is 22.7 Å². The zero-order chi connectivity index (χ0) is 17.8. The molecule has 25 heavy (non-hydrogen) atoms. The van der Waals surface area contributed by atoms with E-state index in [0.717, 1.165) is 15.4 Å². The van der Waals surface area contributed by atoms with Crippen molar-refractivity contribution in [1.29, 1.82) is 0 Å². The van der Waals surface area contributed by atoms with E-state index in [1.807, 2.05) is 18.2 Å². The Balaban J connectivity index is 1.65. The lowest BCUT2D eigenvalue weighted by Gasteiger charge is -2.06. The summed E-state index contributed by atoms with van der Waals surface area (Å²) in [6, 6.07) is 10.8. The second-order valence-corrected chi connectivity index (χ2v) is 7.68.